The van der Waals surface area contributed by atoms with Gasteiger partial charge in [0.05, 0.1) is 6.04 Å². The van der Waals surface area contributed by atoms with E-state index in [-0.39, 0.29) is 23.5 Å². The van der Waals surface area contributed by atoms with Gasteiger partial charge in [-0.15, -0.1) is 0 Å². The van der Waals surface area contributed by atoms with E-state index in [0.29, 0.717) is 45.1 Å². The number of aliphatic carboxylic acids is 1. The lowest BCUT2D eigenvalue weighted by Crippen LogP contribution is -2.49. The number of ketones is 1. The van der Waals surface area contributed by atoms with Crippen LogP contribution in [-0.2, 0) is 20.8 Å². The molecule has 146 valence electrons. The maximum Gasteiger partial charge on any atom is 0.334 e. The predicted octanol–water partition coefficient (Wildman–Crippen LogP) is 2.04. The normalized spacial score (nSPS) is 26.1. The smallest absolute Gasteiger partial charge is 0.334 e. The lowest BCUT2D eigenvalue weighted by Gasteiger charge is -2.30. The molecule has 1 aliphatic heterocycles. The van der Waals surface area contributed by atoms with Gasteiger partial charge in [-0.3, -0.25) is 9.59 Å². The summed E-state index contributed by atoms with van der Waals surface area (Å²) in [5.74, 6) is -2.02. The zero-order valence-electron chi connectivity index (χ0n) is 15.4. The number of benzene rings is 1. The van der Waals surface area contributed by atoms with Crippen molar-refractivity contribution in [2.75, 3.05) is 6.54 Å². The molecule has 2 N–H and O–H groups in total. The number of amides is 1. The highest BCUT2D eigenvalue weighted by molar-refractivity contribution is 5.90. The number of carboxylic acid groups (broad SMARTS) is 1. The van der Waals surface area contributed by atoms with Crippen LogP contribution in [0.3, 0.4) is 0 Å². The minimum absolute atomic E-state index is 0.115. The van der Waals surface area contributed by atoms with Gasteiger partial charge in [0, 0.05) is 24.8 Å². The van der Waals surface area contributed by atoms with Crippen LogP contribution in [0.2, 0.25) is 0 Å². The van der Waals surface area contributed by atoms with E-state index in [2.05, 4.69) is 0 Å². The molecular formula is C21H27NO5. The van der Waals surface area contributed by atoms with E-state index in [1.165, 1.54) is 4.90 Å². The van der Waals surface area contributed by atoms with Crippen molar-refractivity contribution in [2.45, 2.75) is 57.1 Å². The number of carbonyl (C=O) groups excluding carboxylic acids is 2. The lowest BCUT2D eigenvalue weighted by atomic mass is 9.87. The second-order valence-corrected chi connectivity index (χ2v) is 7.62. The molecule has 1 amide bonds. The largest absolute Gasteiger partial charge is 0.479 e. The van der Waals surface area contributed by atoms with Crippen LogP contribution in [0.4, 0.5) is 0 Å². The van der Waals surface area contributed by atoms with Crippen LogP contribution in [0.15, 0.2) is 30.3 Å². The van der Waals surface area contributed by atoms with Gasteiger partial charge in [0.2, 0.25) is 5.91 Å². The number of hydrogen-bond acceptors (Lipinski definition) is 4. The van der Waals surface area contributed by atoms with Crippen molar-refractivity contribution in [3.05, 3.63) is 35.9 Å². The molecule has 0 radical (unpaired) electrons. The van der Waals surface area contributed by atoms with Crippen LogP contribution >= 0.6 is 0 Å². The predicted molar refractivity (Wildman–Crippen MR) is 99.0 cm³/mol. The highest BCUT2D eigenvalue weighted by atomic mass is 16.4. The van der Waals surface area contributed by atoms with Crippen molar-refractivity contribution in [3.63, 3.8) is 0 Å². The van der Waals surface area contributed by atoms with Crippen molar-refractivity contribution >= 4 is 17.7 Å². The van der Waals surface area contributed by atoms with Crippen molar-refractivity contribution in [2.24, 2.45) is 11.8 Å². The fraction of sp³-hybridized carbons (Fsp3) is 0.571. The fourth-order valence-corrected chi connectivity index (χ4v) is 4.51. The second kappa shape index (κ2) is 8.65. The van der Waals surface area contributed by atoms with Crippen LogP contribution in [-0.4, -0.2) is 51.5 Å². The Morgan fingerprint density at radius 2 is 1.74 bits per heavy atom. The molecule has 4 atom stereocenters. The van der Waals surface area contributed by atoms with Crippen LogP contribution < -0.4 is 0 Å². The summed E-state index contributed by atoms with van der Waals surface area (Å²) < 4.78 is 0. The maximum absolute atomic E-state index is 13.0. The molecule has 2 unspecified atom stereocenters. The molecule has 1 saturated heterocycles. The van der Waals surface area contributed by atoms with Gasteiger partial charge in [0.25, 0.3) is 0 Å². The van der Waals surface area contributed by atoms with E-state index >= 15 is 0 Å². The number of aliphatic hydroxyl groups is 1. The average molecular weight is 373 g/mol. The van der Waals surface area contributed by atoms with Crippen molar-refractivity contribution in [1.82, 2.24) is 4.90 Å². The Labute approximate surface area is 159 Å². The van der Waals surface area contributed by atoms with Crippen LogP contribution in [0.1, 0.15) is 44.1 Å². The molecule has 1 aromatic rings. The quantitative estimate of drug-likeness (QED) is 0.763. The van der Waals surface area contributed by atoms with E-state index in [1.54, 1.807) is 0 Å². The summed E-state index contributed by atoms with van der Waals surface area (Å²) in [5.41, 5.74) is 1.11. The molecule has 0 bridgehead atoms. The Bertz CT molecular complexity index is 689. The highest BCUT2D eigenvalue weighted by Crippen LogP contribution is 2.36. The standard InChI is InChI=1S/C21H27NO5/c23-18(12-11-14-6-2-1-3-7-14)15-8-4-9-16(15)20(25)22-13-5-10-17(22)19(24)21(26)27/h1-3,6-7,15-17,19,24H,4-5,8-13H2,(H,26,27)/t15-,16?,17+,19?/m1/s1. The van der Waals surface area contributed by atoms with Gasteiger partial charge in [-0.1, -0.05) is 36.8 Å². The van der Waals surface area contributed by atoms with E-state index in [4.69, 9.17) is 5.11 Å². The number of nitrogens with zero attached hydrogens (tertiary/aromatic N) is 1. The van der Waals surface area contributed by atoms with Crippen LogP contribution in [0, 0.1) is 11.8 Å². The number of carbonyl (C=O) groups is 3. The summed E-state index contributed by atoms with van der Waals surface area (Å²) in [5, 5.41) is 19.0. The number of Topliss-reactive ketones (excluding diaryl/α,β-unsaturated/α-hetero) is 1. The summed E-state index contributed by atoms with van der Waals surface area (Å²) >= 11 is 0. The van der Waals surface area contributed by atoms with E-state index < -0.39 is 18.1 Å². The van der Waals surface area contributed by atoms with Gasteiger partial charge in [0.1, 0.15) is 5.78 Å². The lowest BCUT2D eigenvalue weighted by molar-refractivity contribution is -0.153. The summed E-state index contributed by atoms with van der Waals surface area (Å²) in [6, 6.07) is 9.14. The van der Waals surface area contributed by atoms with Crippen LogP contribution in [0.5, 0.6) is 0 Å². The van der Waals surface area contributed by atoms with Gasteiger partial charge in [-0.05, 0) is 37.7 Å². The van der Waals surface area contributed by atoms with Crippen molar-refractivity contribution in [3.8, 4) is 0 Å². The van der Waals surface area contributed by atoms with E-state index in [0.717, 1.165) is 12.0 Å². The van der Waals surface area contributed by atoms with Crippen LogP contribution in [0.25, 0.3) is 0 Å². The maximum atomic E-state index is 13.0. The highest BCUT2D eigenvalue weighted by Gasteiger charge is 2.44. The van der Waals surface area contributed by atoms with Gasteiger partial charge < -0.3 is 15.1 Å². The van der Waals surface area contributed by atoms with Gasteiger partial charge >= 0.3 is 5.97 Å². The van der Waals surface area contributed by atoms with E-state index in [1.807, 2.05) is 30.3 Å². The molecule has 6 heteroatoms. The third-order valence-electron chi connectivity index (χ3n) is 5.95. The topological polar surface area (TPSA) is 94.9 Å². The molecule has 27 heavy (non-hydrogen) atoms. The van der Waals surface area contributed by atoms with Crippen molar-refractivity contribution < 1.29 is 24.6 Å². The second-order valence-electron chi connectivity index (χ2n) is 7.62. The third-order valence-corrected chi connectivity index (χ3v) is 5.95. The summed E-state index contributed by atoms with van der Waals surface area (Å²) in [7, 11) is 0. The molecule has 6 nitrogen and oxygen atoms in total. The van der Waals surface area contributed by atoms with Gasteiger partial charge in [0.15, 0.2) is 6.10 Å². The average Bonchev–Trinajstić information content (AvgIpc) is 3.35. The first-order valence-corrected chi connectivity index (χ1v) is 9.77. The molecule has 2 fully saturated rings. The molecule has 1 aromatic carbocycles. The molecule has 0 spiro atoms. The minimum Gasteiger partial charge on any atom is -0.479 e. The first kappa shape index (κ1) is 19.5. The first-order valence-electron chi connectivity index (χ1n) is 9.77. The third kappa shape index (κ3) is 4.38. The molecule has 1 heterocycles. The number of rotatable bonds is 7. The number of aliphatic hydroxyl groups excluding tert-OH is 1. The molecule has 1 saturated carbocycles. The first-order chi connectivity index (χ1) is 13.0. The summed E-state index contributed by atoms with van der Waals surface area (Å²) in [4.78, 5) is 38.4. The fourth-order valence-electron chi connectivity index (χ4n) is 4.51. The molecule has 1 aliphatic carbocycles. The van der Waals surface area contributed by atoms with E-state index in [9.17, 15) is 19.5 Å². The molecule has 3 rings (SSSR count). The Hall–Kier alpha value is -2.21. The van der Waals surface area contributed by atoms with Crippen molar-refractivity contribution in [1.29, 1.82) is 0 Å². The number of carboxylic acids is 1. The SMILES string of the molecule is O=C(O)C(O)[C@@H]1CCCN1C(=O)C1CCC[C@H]1C(=O)CCc1ccccc1. The molecule has 0 aromatic heterocycles. The number of hydrogen-bond donors (Lipinski definition) is 2. The number of likely N-dealkylation sites (tertiary alicyclic amines) is 1. The molecule has 2 aliphatic rings. The summed E-state index contributed by atoms with van der Waals surface area (Å²) in [6.07, 6.45) is 2.89. The minimum atomic E-state index is -1.56. The monoisotopic (exact) mass is 373 g/mol. The number of aryl methyl sites for hydroxylation is 1. The zero-order valence-corrected chi connectivity index (χ0v) is 15.4. The Balaban J connectivity index is 1.63. The van der Waals surface area contributed by atoms with Gasteiger partial charge in [-0.2, -0.15) is 0 Å². The Morgan fingerprint density at radius 1 is 1.04 bits per heavy atom. The Kier molecular flexibility index (Phi) is 6.26. The van der Waals surface area contributed by atoms with Gasteiger partial charge in [-0.25, -0.2) is 4.79 Å². The molecular weight excluding hydrogens is 346 g/mol. The Morgan fingerprint density at radius 3 is 2.44 bits per heavy atom. The summed E-state index contributed by atoms with van der Waals surface area (Å²) in [6.45, 7) is 0.454. The zero-order chi connectivity index (χ0) is 19.4.